The first kappa shape index (κ1) is 21.4. The molecule has 0 radical (unpaired) electrons. The topological polar surface area (TPSA) is 98.9 Å². The van der Waals surface area contributed by atoms with E-state index in [1.165, 1.54) is 13.1 Å². The second kappa shape index (κ2) is 8.62. The fourth-order valence-electron chi connectivity index (χ4n) is 2.75. The molecule has 0 aliphatic carbocycles. The molecule has 4 N–H and O–H groups in total. The van der Waals surface area contributed by atoms with Crippen LogP contribution < -0.4 is 16.0 Å². The van der Waals surface area contributed by atoms with Gasteiger partial charge in [-0.3, -0.25) is 4.79 Å². The van der Waals surface area contributed by atoms with E-state index in [4.69, 9.17) is 11.6 Å². The number of alkyl halides is 3. The lowest BCUT2D eigenvalue weighted by Gasteiger charge is -2.12. The van der Waals surface area contributed by atoms with Crippen LogP contribution in [0.2, 0.25) is 5.02 Å². The van der Waals surface area contributed by atoms with E-state index in [-0.39, 0.29) is 24.0 Å². The highest BCUT2D eigenvalue weighted by Gasteiger charge is 2.33. The first-order chi connectivity index (χ1) is 14.2. The lowest BCUT2D eigenvalue weighted by Crippen LogP contribution is -2.30. The van der Waals surface area contributed by atoms with E-state index in [0.29, 0.717) is 17.5 Å². The maximum atomic E-state index is 12.9. The molecule has 1 heterocycles. The summed E-state index contributed by atoms with van der Waals surface area (Å²) < 4.78 is 38.7. The molecule has 0 unspecified atom stereocenters. The summed E-state index contributed by atoms with van der Waals surface area (Å²) >= 11 is 5.56. The maximum Gasteiger partial charge on any atom is 0.417 e. The first-order valence-corrected chi connectivity index (χ1v) is 9.17. The van der Waals surface area contributed by atoms with Gasteiger partial charge in [-0.2, -0.15) is 13.2 Å². The number of halogens is 4. The zero-order valence-corrected chi connectivity index (χ0v) is 16.4. The summed E-state index contributed by atoms with van der Waals surface area (Å²) in [5.74, 6) is -0.134. The molecule has 158 valence electrons. The van der Waals surface area contributed by atoms with Crippen LogP contribution in [0.3, 0.4) is 0 Å². The number of nitrogens with zero attached hydrogens (tertiary/aromatic N) is 1. The molecule has 30 heavy (non-hydrogen) atoms. The number of carbonyl (C=O) groups excluding carboxylic acids is 2. The van der Waals surface area contributed by atoms with E-state index in [9.17, 15) is 22.8 Å². The van der Waals surface area contributed by atoms with Gasteiger partial charge in [0.15, 0.2) is 5.82 Å². The zero-order valence-electron chi connectivity index (χ0n) is 15.7. The quantitative estimate of drug-likeness (QED) is 0.484. The average molecular weight is 440 g/mol. The second-order valence-electron chi connectivity index (χ2n) is 6.34. The van der Waals surface area contributed by atoms with Gasteiger partial charge in [-0.1, -0.05) is 17.7 Å². The third-order valence-corrected chi connectivity index (χ3v) is 4.55. The number of imidazole rings is 1. The van der Waals surface area contributed by atoms with Crippen molar-refractivity contribution in [2.24, 2.45) is 0 Å². The number of fused-ring (bicyclic) bond motifs is 1. The molecule has 0 fully saturated rings. The smallest absolute Gasteiger partial charge is 0.352 e. The molecule has 0 aliphatic rings. The van der Waals surface area contributed by atoms with Crippen LogP contribution in [0.25, 0.3) is 11.0 Å². The molecule has 3 amide bonds. The SMILES string of the molecule is CNC(=O)c1nc2ccc(CCNC(=O)Nc3ccc(Cl)c(C(F)(F)F)c3)cc2[nH]1. The molecule has 0 bridgehead atoms. The van der Waals surface area contributed by atoms with Crippen molar-refractivity contribution in [1.29, 1.82) is 0 Å². The Morgan fingerprint density at radius 3 is 2.63 bits per heavy atom. The van der Waals surface area contributed by atoms with Gasteiger partial charge in [0.2, 0.25) is 0 Å². The van der Waals surface area contributed by atoms with Crippen LogP contribution in [0.5, 0.6) is 0 Å². The molecule has 3 aromatic rings. The number of amides is 3. The van der Waals surface area contributed by atoms with E-state index in [2.05, 4.69) is 25.9 Å². The molecule has 0 saturated heterocycles. The number of nitrogens with one attached hydrogen (secondary N) is 4. The Morgan fingerprint density at radius 1 is 1.17 bits per heavy atom. The molecule has 11 heteroatoms. The molecular weight excluding hydrogens is 423 g/mol. The van der Waals surface area contributed by atoms with Gasteiger partial charge in [-0.15, -0.1) is 0 Å². The zero-order chi connectivity index (χ0) is 21.9. The number of carbonyl (C=O) groups is 2. The van der Waals surface area contributed by atoms with E-state index in [1.54, 1.807) is 6.07 Å². The monoisotopic (exact) mass is 439 g/mol. The largest absolute Gasteiger partial charge is 0.417 e. The Kier molecular flexibility index (Phi) is 6.16. The Bertz CT molecular complexity index is 1100. The minimum atomic E-state index is -4.62. The summed E-state index contributed by atoms with van der Waals surface area (Å²) in [5, 5.41) is 6.97. The van der Waals surface area contributed by atoms with Crippen molar-refractivity contribution in [3.63, 3.8) is 0 Å². The lowest BCUT2D eigenvalue weighted by atomic mass is 10.1. The minimum Gasteiger partial charge on any atom is -0.352 e. The summed E-state index contributed by atoms with van der Waals surface area (Å²) in [6.45, 7) is 0.244. The van der Waals surface area contributed by atoms with Crippen molar-refractivity contribution >= 4 is 40.3 Å². The van der Waals surface area contributed by atoms with Crippen LogP contribution in [0.4, 0.5) is 23.7 Å². The van der Waals surface area contributed by atoms with Crippen LogP contribution in [0, 0.1) is 0 Å². The number of aromatic nitrogens is 2. The number of hydrogen-bond acceptors (Lipinski definition) is 3. The molecule has 0 aliphatic heterocycles. The molecule has 1 aromatic heterocycles. The van der Waals surface area contributed by atoms with Crippen molar-refractivity contribution in [2.45, 2.75) is 12.6 Å². The van der Waals surface area contributed by atoms with Crippen LogP contribution >= 0.6 is 11.6 Å². The number of rotatable bonds is 5. The van der Waals surface area contributed by atoms with Gasteiger partial charge in [0.1, 0.15) is 0 Å². The summed E-state index contributed by atoms with van der Waals surface area (Å²) in [6.07, 6.45) is -4.15. The Morgan fingerprint density at radius 2 is 1.93 bits per heavy atom. The van der Waals surface area contributed by atoms with Crippen LogP contribution in [-0.4, -0.2) is 35.5 Å². The Hall–Kier alpha value is -3.27. The summed E-state index contributed by atoms with van der Waals surface area (Å²) in [4.78, 5) is 30.7. The Labute approximate surface area is 174 Å². The van der Waals surface area contributed by atoms with Crippen LogP contribution in [0.15, 0.2) is 36.4 Å². The van der Waals surface area contributed by atoms with Gasteiger partial charge in [-0.05, 0) is 42.3 Å². The Balaban J connectivity index is 1.57. The van der Waals surface area contributed by atoms with Crippen LogP contribution in [-0.2, 0) is 12.6 Å². The molecule has 0 atom stereocenters. The predicted molar refractivity (Wildman–Crippen MR) is 107 cm³/mol. The summed E-state index contributed by atoms with van der Waals surface area (Å²) in [6, 6.07) is 7.86. The fourth-order valence-corrected chi connectivity index (χ4v) is 2.98. The van der Waals surface area contributed by atoms with Gasteiger partial charge in [0.25, 0.3) is 5.91 Å². The highest BCUT2D eigenvalue weighted by Crippen LogP contribution is 2.36. The molecule has 0 saturated carbocycles. The van der Waals surface area contributed by atoms with Crippen molar-refractivity contribution in [3.8, 4) is 0 Å². The van der Waals surface area contributed by atoms with Gasteiger partial charge in [-0.25, -0.2) is 9.78 Å². The number of anilines is 1. The summed E-state index contributed by atoms with van der Waals surface area (Å²) in [7, 11) is 1.51. The normalized spacial score (nSPS) is 11.4. The average Bonchev–Trinajstić information content (AvgIpc) is 3.11. The van der Waals surface area contributed by atoms with Gasteiger partial charge in [0.05, 0.1) is 21.6 Å². The van der Waals surface area contributed by atoms with Crippen molar-refractivity contribution in [1.82, 2.24) is 20.6 Å². The highest BCUT2D eigenvalue weighted by molar-refractivity contribution is 6.31. The third-order valence-electron chi connectivity index (χ3n) is 4.22. The van der Waals surface area contributed by atoms with E-state index in [1.807, 2.05) is 12.1 Å². The van der Waals surface area contributed by atoms with E-state index in [0.717, 1.165) is 17.7 Å². The second-order valence-corrected chi connectivity index (χ2v) is 6.75. The lowest BCUT2D eigenvalue weighted by molar-refractivity contribution is -0.137. The number of H-pyrrole nitrogens is 1. The molecule has 3 rings (SSSR count). The standard InChI is InChI=1S/C19H17ClF3N5O2/c1-24-17(29)16-27-14-5-2-10(8-15(14)28-16)6-7-25-18(30)26-11-3-4-13(20)12(9-11)19(21,22)23/h2-5,8-9H,6-7H2,1H3,(H,24,29)(H,27,28)(H2,25,26,30). The number of aromatic amines is 1. The molecular formula is C19H17ClF3N5O2. The van der Waals surface area contributed by atoms with Gasteiger partial charge >= 0.3 is 12.2 Å². The number of hydrogen-bond donors (Lipinski definition) is 4. The third kappa shape index (κ3) is 5.01. The minimum absolute atomic E-state index is 0.0233. The maximum absolute atomic E-state index is 12.9. The van der Waals surface area contributed by atoms with Crippen molar-refractivity contribution in [2.75, 3.05) is 18.9 Å². The molecule has 0 spiro atoms. The van der Waals surface area contributed by atoms with Crippen molar-refractivity contribution < 1.29 is 22.8 Å². The van der Waals surface area contributed by atoms with Gasteiger partial charge in [0, 0.05) is 19.3 Å². The molecule has 7 nitrogen and oxygen atoms in total. The highest BCUT2D eigenvalue weighted by atomic mass is 35.5. The molecule has 2 aromatic carbocycles. The number of benzene rings is 2. The predicted octanol–water partition coefficient (Wildman–Crippen LogP) is 3.96. The summed E-state index contributed by atoms with van der Waals surface area (Å²) in [5.41, 5.74) is 1.14. The van der Waals surface area contributed by atoms with Crippen LogP contribution in [0.1, 0.15) is 21.7 Å². The van der Waals surface area contributed by atoms with Crippen molar-refractivity contribution in [3.05, 3.63) is 58.4 Å². The van der Waals surface area contributed by atoms with Gasteiger partial charge < -0.3 is 20.9 Å². The number of urea groups is 1. The first-order valence-electron chi connectivity index (χ1n) is 8.79. The fraction of sp³-hybridized carbons (Fsp3) is 0.211. The van der Waals surface area contributed by atoms with E-state index < -0.39 is 22.8 Å². The van der Waals surface area contributed by atoms with E-state index >= 15 is 0 Å².